The molecule has 0 aliphatic carbocycles. The largest absolute Gasteiger partial charge is 0.385 e. The average Bonchev–Trinajstić information content (AvgIpc) is 2.45. The molecular weight excluding hydrogens is 324 g/mol. The number of methoxy groups -OCH3 is 1. The molecule has 0 spiro atoms. The van der Waals surface area contributed by atoms with E-state index in [1.807, 2.05) is 0 Å². The Bertz CT molecular complexity index is 508. The Kier molecular flexibility index (Phi) is 6.91. The van der Waals surface area contributed by atoms with Crippen LogP contribution >= 0.6 is 15.9 Å². The van der Waals surface area contributed by atoms with E-state index in [0.717, 1.165) is 4.47 Å². The monoisotopic (exact) mass is 338 g/mol. The number of ketones is 1. The van der Waals surface area contributed by atoms with E-state index in [-0.39, 0.29) is 0 Å². The van der Waals surface area contributed by atoms with Gasteiger partial charge in [-0.15, -0.1) is 0 Å². The Labute approximate surface area is 126 Å². The number of nitrogens with zero attached hydrogens (tertiary/aromatic N) is 1. The summed E-state index contributed by atoms with van der Waals surface area (Å²) in [7, 11) is 1.57. The van der Waals surface area contributed by atoms with Gasteiger partial charge in [0.05, 0.1) is 6.07 Å². The fraction of sp³-hybridized carbons (Fsp3) is 0.357. The van der Waals surface area contributed by atoms with Crippen molar-refractivity contribution in [3.8, 4) is 6.07 Å². The summed E-state index contributed by atoms with van der Waals surface area (Å²) in [5.74, 6) is -2.39. The van der Waals surface area contributed by atoms with E-state index in [2.05, 4.69) is 21.2 Å². The number of amides is 1. The van der Waals surface area contributed by atoms with Gasteiger partial charge in [-0.3, -0.25) is 9.59 Å². The van der Waals surface area contributed by atoms with Crippen LogP contribution in [0.2, 0.25) is 0 Å². The summed E-state index contributed by atoms with van der Waals surface area (Å²) in [6.07, 6.45) is 0.632. The van der Waals surface area contributed by atoms with E-state index in [4.69, 9.17) is 10.00 Å². The molecule has 1 N–H and O–H groups in total. The molecule has 0 aromatic heterocycles. The maximum atomic E-state index is 12.1. The molecule has 0 saturated heterocycles. The van der Waals surface area contributed by atoms with Crippen LogP contribution in [0.3, 0.4) is 0 Å². The third-order valence-electron chi connectivity index (χ3n) is 2.61. The van der Waals surface area contributed by atoms with E-state index < -0.39 is 17.6 Å². The number of nitriles is 1. The topological polar surface area (TPSA) is 79.2 Å². The molecule has 1 atom stereocenters. The third-order valence-corrected chi connectivity index (χ3v) is 3.14. The van der Waals surface area contributed by atoms with Crippen LogP contribution in [0.1, 0.15) is 16.8 Å². The zero-order valence-electron chi connectivity index (χ0n) is 11.1. The zero-order chi connectivity index (χ0) is 15.0. The van der Waals surface area contributed by atoms with Crippen molar-refractivity contribution in [2.75, 3.05) is 20.3 Å². The number of Topliss-reactive ketones (excluding diaryl/α,β-unsaturated/α-hetero) is 1. The molecule has 5 nitrogen and oxygen atoms in total. The second-order valence-electron chi connectivity index (χ2n) is 4.07. The standard InChI is InChI=1S/C14H15BrN2O3/c1-20-8-2-7-17-14(19)12(9-16)13(18)10-3-5-11(15)6-4-10/h3-6,12H,2,7-8H2,1H3,(H,17,19)/t12-/m1/s1. The summed E-state index contributed by atoms with van der Waals surface area (Å²) in [5, 5.41) is 11.6. The van der Waals surface area contributed by atoms with Crippen molar-refractivity contribution in [2.24, 2.45) is 5.92 Å². The minimum absolute atomic E-state index is 0.340. The number of hydrogen-bond acceptors (Lipinski definition) is 4. The third kappa shape index (κ3) is 4.76. The molecule has 1 aromatic rings. The van der Waals surface area contributed by atoms with Crippen molar-refractivity contribution in [2.45, 2.75) is 6.42 Å². The fourth-order valence-electron chi connectivity index (χ4n) is 1.55. The predicted molar refractivity (Wildman–Crippen MR) is 77.1 cm³/mol. The first-order chi connectivity index (χ1) is 9.60. The van der Waals surface area contributed by atoms with Gasteiger partial charge in [-0.1, -0.05) is 28.1 Å². The normalized spacial score (nSPS) is 11.4. The van der Waals surface area contributed by atoms with Crippen LogP contribution in [0.5, 0.6) is 0 Å². The highest BCUT2D eigenvalue weighted by molar-refractivity contribution is 9.10. The van der Waals surface area contributed by atoms with Crippen molar-refractivity contribution in [1.29, 1.82) is 5.26 Å². The second kappa shape index (κ2) is 8.46. The van der Waals surface area contributed by atoms with Crippen LogP contribution in [0.25, 0.3) is 0 Å². The van der Waals surface area contributed by atoms with Crippen molar-refractivity contribution in [1.82, 2.24) is 5.32 Å². The summed E-state index contributed by atoms with van der Waals surface area (Å²) in [6, 6.07) is 8.29. The highest BCUT2D eigenvalue weighted by Crippen LogP contribution is 2.14. The van der Waals surface area contributed by atoms with Crippen molar-refractivity contribution >= 4 is 27.6 Å². The lowest BCUT2D eigenvalue weighted by molar-refractivity contribution is -0.122. The van der Waals surface area contributed by atoms with Gasteiger partial charge in [0, 0.05) is 30.3 Å². The van der Waals surface area contributed by atoms with Gasteiger partial charge in [-0.2, -0.15) is 5.26 Å². The Balaban J connectivity index is 2.65. The first-order valence-electron chi connectivity index (χ1n) is 6.06. The van der Waals surface area contributed by atoms with Crippen molar-refractivity contribution < 1.29 is 14.3 Å². The number of ether oxygens (including phenoxy) is 1. The number of rotatable bonds is 7. The lowest BCUT2D eigenvalue weighted by Crippen LogP contribution is -2.35. The first kappa shape index (κ1) is 16.3. The summed E-state index contributed by atoms with van der Waals surface area (Å²) in [5.41, 5.74) is 0.340. The molecule has 0 radical (unpaired) electrons. The number of hydrogen-bond donors (Lipinski definition) is 1. The van der Waals surface area contributed by atoms with Crippen LogP contribution in [0, 0.1) is 17.2 Å². The van der Waals surface area contributed by atoms with Crippen LogP contribution < -0.4 is 5.32 Å². The molecule has 0 unspecified atom stereocenters. The van der Waals surface area contributed by atoms with Crippen LogP contribution in [0.4, 0.5) is 0 Å². The smallest absolute Gasteiger partial charge is 0.245 e. The molecule has 0 fully saturated rings. The van der Waals surface area contributed by atoms with E-state index in [1.54, 1.807) is 37.4 Å². The van der Waals surface area contributed by atoms with Gasteiger partial charge in [0.15, 0.2) is 11.7 Å². The van der Waals surface area contributed by atoms with Gasteiger partial charge in [0.1, 0.15) is 0 Å². The lowest BCUT2D eigenvalue weighted by Gasteiger charge is -2.09. The first-order valence-corrected chi connectivity index (χ1v) is 6.85. The molecule has 1 rings (SSSR count). The molecule has 1 aromatic carbocycles. The highest BCUT2D eigenvalue weighted by atomic mass is 79.9. The highest BCUT2D eigenvalue weighted by Gasteiger charge is 2.27. The summed E-state index contributed by atoms with van der Waals surface area (Å²) in [6.45, 7) is 0.886. The van der Waals surface area contributed by atoms with Gasteiger partial charge in [-0.25, -0.2) is 0 Å². The number of halogens is 1. The SMILES string of the molecule is COCCCNC(=O)[C@H](C#N)C(=O)c1ccc(Br)cc1. The lowest BCUT2D eigenvalue weighted by atomic mass is 9.98. The molecule has 1 amide bonds. The molecule has 0 saturated carbocycles. The quantitative estimate of drug-likeness (QED) is 0.468. The second-order valence-corrected chi connectivity index (χ2v) is 4.99. The van der Waals surface area contributed by atoms with Crippen molar-refractivity contribution in [3.63, 3.8) is 0 Å². The van der Waals surface area contributed by atoms with Gasteiger partial charge in [0.25, 0.3) is 0 Å². The zero-order valence-corrected chi connectivity index (χ0v) is 12.6. The molecule has 106 valence electrons. The van der Waals surface area contributed by atoms with Crippen LogP contribution in [0.15, 0.2) is 28.7 Å². The Morgan fingerprint density at radius 1 is 1.40 bits per heavy atom. The minimum atomic E-state index is -1.32. The van der Waals surface area contributed by atoms with Gasteiger partial charge < -0.3 is 10.1 Å². The average molecular weight is 339 g/mol. The number of carbonyl (C=O) groups excluding carboxylic acids is 2. The maximum Gasteiger partial charge on any atom is 0.245 e. The molecule has 0 aliphatic rings. The van der Waals surface area contributed by atoms with E-state index in [0.29, 0.717) is 25.1 Å². The van der Waals surface area contributed by atoms with Gasteiger partial charge >= 0.3 is 0 Å². The Morgan fingerprint density at radius 3 is 2.60 bits per heavy atom. The van der Waals surface area contributed by atoms with Crippen LogP contribution in [-0.2, 0) is 9.53 Å². The summed E-state index contributed by atoms with van der Waals surface area (Å²) >= 11 is 3.26. The number of carbonyl (C=O) groups is 2. The number of benzene rings is 1. The van der Waals surface area contributed by atoms with E-state index in [1.165, 1.54) is 0 Å². The van der Waals surface area contributed by atoms with Gasteiger partial charge in [0.2, 0.25) is 5.91 Å². The van der Waals surface area contributed by atoms with Gasteiger partial charge in [-0.05, 0) is 18.6 Å². The minimum Gasteiger partial charge on any atom is -0.385 e. The molecular formula is C14H15BrN2O3. The van der Waals surface area contributed by atoms with Crippen molar-refractivity contribution in [3.05, 3.63) is 34.3 Å². The van der Waals surface area contributed by atoms with E-state index in [9.17, 15) is 9.59 Å². The Morgan fingerprint density at radius 2 is 2.05 bits per heavy atom. The summed E-state index contributed by atoms with van der Waals surface area (Å²) in [4.78, 5) is 23.9. The fourth-order valence-corrected chi connectivity index (χ4v) is 1.81. The maximum absolute atomic E-state index is 12.1. The molecule has 0 aliphatic heterocycles. The van der Waals surface area contributed by atoms with E-state index >= 15 is 0 Å². The predicted octanol–water partition coefficient (Wildman–Crippen LogP) is 1.92. The number of nitrogens with one attached hydrogen (secondary N) is 1. The van der Waals surface area contributed by atoms with Crippen LogP contribution in [-0.4, -0.2) is 32.0 Å². The Hall–Kier alpha value is -1.71. The molecule has 0 heterocycles. The molecule has 20 heavy (non-hydrogen) atoms. The molecule has 0 bridgehead atoms. The molecule has 6 heteroatoms. The summed E-state index contributed by atoms with van der Waals surface area (Å²) < 4.78 is 5.68.